The third-order valence-corrected chi connectivity index (χ3v) is 3.74. The fraction of sp³-hybridized carbons (Fsp3) is 0.333. The highest BCUT2D eigenvalue weighted by atomic mass is 16.4. The van der Waals surface area contributed by atoms with Crippen LogP contribution in [0.2, 0.25) is 0 Å². The maximum Gasteiger partial charge on any atom is 0.339 e. The van der Waals surface area contributed by atoms with Crippen LogP contribution in [0.15, 0.2) is 30.3 Å². The number of hydrogen-bond donors (Lipinski definition) is 1. The van der Waals surface area contributed by atoms with Gasteiger partial charge in [0, 0.05) is 31.6 Å². The minimum Gasteiger partial charge on any atom is -0.478 e. The van der Waals surface area contributed by atoms with E-state index in [1.165, 1.54) is 0 Å². The van der Waals surface area contributed by atoms with Crippen molar-refractivity contribution in [2.24, 2.45) is 0 Å². The molecule has 1 aromatic heterocycles. The van der Waals surface area contributed by atoms with Gasteiger partial charge >= 0.3 is 5.97 Å². The van der Waals surface area contributed by atoms with Gasteiger partial charge in [-0.1, -0.05) is 18.2 Å². The van der Waals surface area contributed by atoms with Gasteiger partial charge in [-0.2, -0.15) is 0 Å². The van der Waals surface area contributed by atoms with Gasteiger partial charge in [-0.3, -0.25) is 0 Å². The molecular weight excluding hydrogens is 254 g/mol. The molecule has 104 valence electrons. The molecular formula is C15H17N3O2. The Balaban J connectivity index is 2.07. The summed E-state index contributed by atoms with van der Waals surface area (Å²) in [7, 11) is 2.07. The molecule has 2 heterocycles. The molecule has 0 unspecified atom stereocenters. The molecule has 0 spiro atoms. The van der Waals surface area contributed by atoms with E-state index in [1.54, 1.807) is 6.07 Å². The predicted molar refractivity (Wildman–Crippen MR) is 78.4 cm³/mol. The lowest BCUT2D eigenvalue weighted by Gasteiger charge is -2.33. The topological polar surface area (TPSA) is 56.7 Å². The van der Waals surface area contributed by atoms with Crippen LogP contribution >= 0.6 is 0 Å². The van der Waals surface area contributed by atoms with Crippen molar-refractivity contribution < 1.29 is 9.90 Å². The average molecular weight is 271 g/mol. The molecule has 20 heavy (non-hydrogen) atoms. The van der Waals surface area contributed by atoms with Gasteiger partial charge in [0.15, 0.2) is 0 Å². The van der Waals surface area contributed by atoms with Gasteiger partial charge in [-0.15, -0.1) is 0 Å². The summed E-state index contributed by atoms with van der Waals surface area (Å²) in [5, 5.41) is 10.3. The van der Waals surface area contributed by atoms with Crippen LogP contribution in [0.1, 0.15) is 10.4 Å². The number of hydrogen-bond acceptors (Lipinski definition) is 4. The van der Waals surface area contributed by atoms with Crippen molar-refractivity contribution in [2.75, 3.05) is 38.1 Å². The summed E-state index contributed by atoms with van der Waals surface area (Å²) in [4.78, 5) is 20.4. The number of pyridine rings is 1. The van der Waals surface area contributed by atoms with Crippen molar-refractivity contribution in [3.05, 3.63) is 35.9 Å². The molecule has 0 aliphatic carbocycles. The zero-order valence-corrected chi connectivity index (χ0v) is 11.4. The third kappa shape index (κ3) is 2.32. The van der Waals surface area contributed by atoms with Gasteiger partial charge in [0.25, 0.3) is 0 Å². The number of likely N-dealkylation sites (N-methyl/N-ethyl adjacent to an activating group) is 1. The van der Waals surface area contributed by atoms with Crippen LogP contribution in [0.5, 0.6) is 0 Å². The number of anilines is 1. The molecule has 0 atom stereocenters. The molecule has 1 aliphatic rings. The number of piperazine rings is 1. The van der Waals surface area contributed by atoms with Crippen molar-refractivity contribution in [3.63, 3.8) is 0 Å². The highest BCUT2D eigenvalue weighted by Gasteiger charge is 2.21. The zero-order valence-electron chi connectivity index (χ0n) is 11.4. The molecule has 5 heteroatoms. The van der Waals surface area contributed by atoms with Crippen molar-refractivity contribution in [2.45, 2.75) is 0 Å². The van der Waals surface area contributed by atoms with E-state index in [2.05, 4.69) is 21.8 Å². The number of benzene rings is 1. The number of rotatable bonds is 2. The maximum absolute atomic E-state index is 11.5. The van der Waals surface area contributed by atoms with Crippen LogP contribution in [0.25, 0.3) is 10.9 Å². The molecule has 3 rings (SSSR count). The standard InChI is InChI=1S/C15H17N3O2/c1-17-6-8-18(9-7-17)14-12(15(19)20)10-11-4-2-3-5-13(11)16-14/h2-5,10H,6-9H2,1H3,(H,19,20). The average Bonchev–Trinajstić information content (AvgIpc) is 2.46. The van der Waals surface area contributed by atoms with Crippen molar-refractivity contribution in [1.29, 1.82) is 0 Å². The molecule has 1 aliphatic heterocycles. The highest BCUT2D eigenvalue weighted by molar-refractivity contribution is 5.98. The van der Waals surface area contributed by atoms with Gasteiger partial charge in [0.1, 0.15) is 11.4 Å². The first-order valence-electron chi connectivity index (χ1n) is 6.72. The van der Waals surface area contributed by atoms with Crippen LogP contribution in [0.3, 0.4) is 0 Å². The Morgan fingerprint density at radius 2 is 1.90 bits per heavy atom. The van der Waals surface area contributed by atoms with Crippen LogP contribution in [-0.4, -0.2) is 54.2 Å². The second kappa shape index (κ2) is 5.09. The number of nitrogens with zero attached hydrogens (tertiary/aromatic N) is 3. The first-order valence-corrected chi connectivity index (χ1v) is 6.72. The Hall–Kier alpha value is -2.14. The normalized spacial score (nSPS) is 16.6. The van der Waals surface area contributed by atoms with E-state index < -0.39 is 5.97 Å². The number of carboxylic acids is 1. The van der Waals surface area contributed by atoms with Crippen molar-refractivity contribution in [1.82, 2.24) is 9.88 Å². The third-order valence-electron chi connectivity index (χ3n) is 3.74. The van der Waals surface area contributed by atoms with Crippen LogP contribution in [0.4, 0.5) is 5.82 Å². The van der Waals surface area contributed by atoms with E-state index in [-0.39, 0.29) is 5.56 Å². The first-order chi connectivity index (χ1) is 9.65. The summed E-state index contributed by atoms with van der Waals surface area (Å²) in [5.41, 5.74) is 1.12. The fourth-order valence-corrected chi connectivity index (χ4v) is 2.52. The summed E-state index contributed by atoms with van der Waals surface area (Å²) in [6.07, 6.45) is 0. The smallest absolute Gasteiger partial charge is 0.339 e. The van der Waals surface area contributed by atoms with E-state index in [0.29, 0.717) is 5.82 Å². The Morgan fingerprint density at radius 3 is 2.60 bits per heavy atom. The predicted octanol–water partition coefficient (Wildman–Crippen LogP) is 1.68. The summed E-state index contributed by atoms with van der Waals surface area (Å²) in [6.45, 7) is 3.46. The highest BCUT2D eigenvalue weighted by Crippen LogP contribution is 2.24. The molecule has 1 N–H and O–H groups in total. The fourth-order valence-electron chi connectivity index (χ4n) is 2.52. The molecule has 1 fully saturated rings. The number of para-hydroxylation sites is 1. The molecule has 1 aromatic carbocycles. The van der Waals surface area contributed by atoms with Gasteiger partial charge in [-0.05, 0) is 19.2 Å². The molecule has 0 saturated carbocycles. The van der Waals surface area contributed by atoms with E-state index in [1.807, 2.05) is 24.3 Å². The molecule has 5 nitrogen and oxygen atoms in total. The Morgan fingerprint density at radius 1 is 1.20 bits per heavy atom. The van der Waals surface area contributed by atoms with Crippen molar-refractivity contribution in [3.8, 4) is 0 Å². The maximum atomic E-state index is 11.5. The van der Waals surface area contributed by atoms with Gasteiger partial charge in [0.2, 0.25) is 0 Å². The summed E-state index contributed by atoms with van der Waals surface area (Å²) >= 11 is 0. The summed E-state index contributed by atoms with van der Waals surface area (Å²) in [5.74, 6) is -0.332. The number of carbonyl (C=O) groups is 1. The van der Waals surface area contributed by atoms with Crippen LogP contribution in [0, 0.1) is 0 Å². The zero-order chi connectivity index (χ0) is 14.1. The Kier molecular flexibility index (Phi) is 3.28. The van der Waals surface area contributed by atoms with Crippen LogP contribution < -0.4 is 4.90 Å². The van der Waals surface area contributed by atoms with Gasteiger partial charge < -0.3 is 14.9 Å². The molecule has 0 bridgehead atoms. The summed E-state index contributed by atoms with van der Waals surface area (Å²) < 4.78 is 0. The van der Waals surface area contributed by atoms with E-state index in [9.17, 15) is 9.90 Å². The second-order valence-corrected chi connectivity index (χ2v) is 5.15. The lowest BCUT2D eigenvalue weighted by Crippen LogP contribution is -2.45. The molecule has 0 amide bonds. The molecule has 2 aromatic rings. The number of aromatic nitrogens is 1. The Labute approximate surface area is 117 Å². The number of aromatic carboxylic acids is 1. The van der Waals surface area contributed by atoms with Crippen LogP contribution in [-0.2, 0) is 0 Å². The largest absolute Gasteiger partial charge is 0.478 e. The summed E-state index contributed by atoms with van der Waals surface area (Å²) in [6, 6.07) is 9.34. The van der Waals surface area contributed by atoms with E-state index >= 15 is 0 Å². The van der Waals surface area contributed by atoms with E-state index in [4.69, 9.17) is 0 Å². The lowest BCUT2D eigenvalue weighted by molar-refractivity contribution is 0.0697. The number of fused-ring (bicyclic) bond motifs is 1. The monoisotopic (exact) mass is 271 g/mol. The Bertz CT molecular complexity index is 649. The van der Waals surface area contributed by atoms with Crippen molar-refractivity contribution >= 4 is 22.7 Å². The SMILES string of the molecule is CN1CCN(c2nc3ccccc3cc2C(=O)O)CC1. The van der Waals surface area contributed by atoms with E-state index in [0.717, 1.165) is 37.1 Å². The van der Waals surface area contributed by atoms with Gasteiger partial charge in [0.05, 0.1) is 5.52 Å². The van der Waals surface area contributed by atoms with Gasteiger partial charge in [-0.25, -0.2) is 9.78 Å². The quantitative estimate of drug-likeness (QED) is 0.900. The second-order valence-electron chi connectivity index (χ2n) is 5.15. The minimum atomic E-state index is -0.919. The minimum absolute atomic E-state index is 0.285. The molecule has 1 saturated heterocycles. The number of carboxylic acid groups (broad SMARTS) is 1. The molecule has 0 radical (unpaired) electrons. The first kappa shape index (κ1) is 12.9. The lowest BCUT2D eigenvalue weighted by atomic mass is 10.1.